The number of halogens is 3. The van der Waals surface area contributed by atoms with E-state index in [0.29, 0.717) is 0 Å². The van der Waals surface area contributed by atoms with E-state index in [0.717, 1.165) is 31.2 Å². The molecule has 1 aromatic rings. The fraction of sp³-hybridized carbons (Fsp3) is 0.412. The molecule has 0 nitrogen and oxygen atoms in total. The van der Waals surface area contributed by atoms with Gasteiger partial charge < -0.3 is 0 Å². The Morgan fingerprint density at radius 1 is 1.10 bits per heavy atom. The van der Waals surface area contributed by atoms with Crippen molar-refractivity contribution in [2.24, 2.45) is 0 Å². The summed E-state index contributed by atoms with van der Waals surface area (Å²) in [6.45, 7) is 2.13. The molecule has 0 N–H and O–H groups in total. The van der Waals surface area contributed by atoms with E-state index >= 15 is 0 Å². The standard InChI is InChI=1S/C17H17F3/c1-11-9-13-3-2-4-15(16(13)10-11)12-5-7-14(8-6-12)17(18,19)20/h5-8,10,15H,2-4,9H2,1H3. The fourth-order valence-electron chi connectivity index (χ4n) is 3.36. The van der Waals surface area contributed by atoms with E-state index in [1.165, 1.54) is 28.9 Å². The van der Waals surface area contributed by atoms with Crippen LogP contribution in [0.4, 0.5) is 13.2 Å². The first-order chi connectivity index (χ1) is 9.45. The third-order valence-corrected chi connectivity index (χ3v) is 4.29. The quantitative estimate of drug-likeness (QED) is 0.625. The summed E-state index contributed by atoms with van der Waals surface area (Å²) in [5.74, 6) is 0.276. The van der Waals surface area contributed by atoms with Gasteiger partial charge in [-0.2, -0.15) is 13.2 Å². The van der Waals surface area contributed by atoms with Crippen molar-refractivity contribution in [1.29, 1.82) is 0 Å². The Kier molecular flexibility index (Phi) is 3.23. The van der Waals surface area contributed by atoms with Crippen molar-refractivity contribution in [2.75, 3.05) is 0 Å². The van der Waals surface area contributed by atoms with E-state index in [-0.39, 0.29) is 5.92 Å². The SMILES string of the molecule is CC1=CC2=C(CCCC2c2ccc(C(F)(F)F)cc2)C1. The van der Waals surface area contributed by atoms with Gasteiger partial charge in [-0.15, -0.1) is 0 Å². The van der Waals surface area contributed by atoms with Crippen LogP contribution >= 0.6 is 0 Å². The topological polar surface area (TPSA) is 0 Å². The largest absolute Gasteiger partial charge is 0.416 e. The molecular formula is C17H17F3. The summed E-state index contributed by atoms with van der Waals surface area (Å²) in [6.07, 6.45) is 2.34. The number of alkyl halides is 3. The summed E-state index contributed by atoms with van der Waals surface area (Å²) in [7, 11) is 0. The minimum absolute atomic E-state index is 0.276. The molecule has 2 aliphatic rings. The van der Waals surface area contributed by atoms with Crippen LogP contribution in [0.15, 0.2) is 47.1 Å². The highest BCUT2D eigenvalue weighted by molar-refractivity contribution is 5.47. The molecule has 1 aromatic carbocycles. The minimum Gasteiger partial charge on any atom is -0.166 e. The maximum absolute atomic E-state index is 12.6. The zero-order chi connectivity index (χ0) is 14.3. The van der Waals surface area contributed by atoms with E-state index < -0.39 is 11.7 Å². The van der Waals surface area contributed by atoms with Gasteiger partial charge in [-0.05, 0) is 55.9 Å². The molecule has 1 unspecified atom stereocenters. The molecule has 0 amide bonds. The second kappa shape index (κ2) is 4.80. The lowest BCUT2D eigenvalue weighted by Gasteiger charge is -2.25. The molecule has 0 aliphatic heterocycles. The predicted molar refractivity (Wildman–Crippen MR) is 73.4 cm³/mol. The summed E-state index contributed by atoms with van der Waals surface area (Å²) >= 11 is 0. The monoisotopic (exact) mass is 278 g/mol. The van der Waals surface area contributed by atoms with Gasteiger partial charge in [0.2, 0.25) is 0 Å². The molecule has 2 aliphatic carbocycles. The summed E-state index contributed by atoms with van der Waals surface area (Å²) in [6, 6.07) is 5.70. The molecule has 0 spiro atoms. The number of hydrogen-bond acceptors (Lipinski definition) is 0. The van der Waals surface area contributed by atoms with Crippen molar-refractivity contribution >= 4 is 0 Å². The van der Waals surface area contributed by atoms with Crippen LogP contribution in [-0.4, -0.2) is 0 Å². The molecule has 3 heteroatoms. The van der Waals surface area contributed by atoms with Crippen LogP contribution in [0.3, 0.4) is 0 Å². The minimum atomic E-state index is -4.25. The van der Waals surface area contributed by atoms with Gasteiger partial charge in [0.1, 0.15) is 0 Å². The molecule has 0 bridgehead atoms. The molecule has 20 heavy (non-hydrogen) atoms. The van der Waals surface area contributed by atoms with E-state index in [9.17, 15) is 13.2 Å². The highest BCUT2D eigenvalue weighted by Crippen LogP contribution is 2.44. The Morgan fingerprint density at radius 3 is 2.45 bits per heavy atom. The normalized spacial score (nSPS) is 22.8. The fourth-order valence-corrected chi connectivity index (χ4v) is 3.36. The van der Waals surface area contributed by atoms with E-state index in [1.807, 2.05) is 0 Å². The van der Waals surface area contributed by atoms with Crippen molar-refractivity contribution in [3.05, 3.63) is 58.2 Å². The number of rotatable bonds is 1. The molecular weight excluding hydrogens is 261 g/mol. The molecule has 106 valence electrons. The zero-order valence-electron chi connectivity index (χ0n) is 11.4. The summed E-state index contributed by atoms with van der Waals surface area (Å²) in [5.41, 5.74) is 4.65. The van der Waals surface area contributed by atoms with Crippen LogP contribution in [-0.2, 0) is 6.18 Å². The average Bonchev–Trinajstić information content (AvgIpc) is 2.78. The number of allylic oxidation sites excluding steroid dienone is 4. The van der Waals surface area contributed by atoms with E-state index in [1.54, 1.807) is 12.1 Å². The van der Waals surface area contributed by atoms with Gasteiger partial charge >= 0.3 is 6.18 Å². The summed E-state index contributed by atoms with van der Waals surface area (Å²) in [5, 5.41) is 0. The molecule has 0 fully saturated rings. The second-order valence-electron chi connectivity index (χ2n) is 5.79. The molecule has 0 aromatic heterocycles. The van der Waals surface area contributed by atoms with Crippen molar-refractivity contribution in [3.63, 3.8) is 0 Å². The third kappa shape index (κ3) is 2.41. The summed E-state index contributed by atoms with van der Waals surface area (Å²) in [4.78, 5) is 0. The Balaban J connectivity index is 1.91. The van der Waals surface area contributed by atoms with E-state index in [2.05, 4.69) is 13.0 Å². The maximum atomic E-state index is 12.6. The predicted octanol–water partition coefficient (Wildman–Crippen LogP) is 5.62. The first-order valence-corrected chi connectivity index (χ1v) is 7.01. The number of benzene rings is 1. The Bertz CT molecular complexity index is 573. The first kappa shape index (κ1) is 13.5. The van der Waals surface area contributed by atoms with Crippen LogP contribution in [0.2, 0.25) is 0 Å². The van der Waals surface area contributed by atoms with Crippen LogP contribution in [0.1, 0.15) is 49.7 Å². The average molecular weight is 278 g/mol. The third-order valence-electron chi connectivity index (χ3n) is 4.29. The van der Waals surface area contributed by atoms with Gasteiger partial charge in [0, 0.05) is 5.92 Å². The Labute approximate surface area is 117 Å². The van der Waals surface area contributed by atoms with Gasteiger partial charge in [-0.3, -0.25) is 0 Å². The molecule has 0 heterocycles. The molecule has 1 atom stereocenters. The van der Waals surface area contributed by atoms with Crippen LogP contribution < -0.4 is 0 Å². The summed E-state index contributed by atoms with van der Waals surface area (Å²) < 4.78 is 37.8. The highest BCUT2D eigenvalue weighted by atomic mass is 19.4. The van der Waals surface area contributed by atoms with Crippen LogP contribution in [0, 0.1) is 0 Å². The van der Waals surface area contributed by atoms with Crippen LogP contribution in [0.25, 0.3) is 0 Å². The van der Waals surface area contributed by atoms with Crippen molar-refractivity contribution in [2.45, 2.75) is 44.7 Å². The number of hydrogen-bond donors (Lipinski definition) is 0. The molecule has 0 saturated carbocycles. The lowest BCUT2D eigenvalue weighted by Crippen LogP contribution is -2.09. The molecule has 0 saturated heterocycles. The lowest BCUT2D eigenvalue weighted by molar-refractivity contribution is -0.137. The van der Waals surface area contributed by atoms with Crippen molar-refractivity contribution in [3.8, 4) is 0 Å². The van der Waals surface area contributed by atoms with Crippen molar-refractivity contribution < 1.29 is 13.2 Å². The van der Waals surface area contributed by atoms with Crippen LogP contribution in [0.5, 0.6) is 0 Å². The van der Waals surface area contributed by atoms with Gasteiger partial charge in [-0.25, -0.2) is 0 Å². The Hall–Kier alpha value is -1.51. The zero-order valence-corrected chi connectivity index (χ0v) is 11.4. The Morgan fingerprint density at radius 2 is 1.80 bits per heavy atom. The molecule has 0 radical (unpaired) electrons. The maximum Gasteiger partial charge on any atom is 0.416 e. The van der Waals surface area contributed by atoms with E-state index in [4.69, 9.17) is 0 Å². The first-order valence-electron chi connectivity index (χ1n) is 7.01. The smallest absolute Gasteiger partial charge is 0.166 e. The van der Waals surface area contributed by atoms with Gasteiger partial charge in [0.15, 0.2) is 0 Å². The van der Waals surface area contributed by atoms with Gasteiger partial charge in [-0.1, -0.05) is 29.4 Å². The van der Waals surface area contributed by atoms with Gasteiger partial charge in [0.25, 0.3) is 0 Å². The highest BCUT2D eigenvalue weighted by Gasteiger charge is 2.31. The second-order valence-corrected chi connectivity index (χ2v) is 5.79. The lowest BCUT2D eigenvalue weighted by atomic mass is 9.80. The van der Waals surface area contributed by atoms with Gasteiger partial charge in [0.05, 0.1) is 5.56 Å². The molecule has 3 rings (SSSR count). The van der Waals surface area contributed by atoms with Crippen molar-refractivity contribution in [1.82, 2.24) is 0 Å².